The highest BCUT2D eigenvalue weighted by molar-refractivity contribution is 9.10. The highest BCUT2D eigenvalue weighted by Crippen LogP contribution is 2.16. The lowest BCUT2D eigenvalue weighted by atomic mass is 10.2. The number of carbonyl (C=O) groups excluding carboxylic acids is 1. The quantitative estimate of drug-likeness (QED) is 0.941. The lowest BCUT2D eigenvalue weighted by molar-refractivity contribution is -0.118. The minimum atomic E-state index is -0.203. The minimum Gasteiger partial charge on any atom is -0.482 e. The Morgan fingerprint density at radius 2 is 2.21 bits per heavy atom. The number of pyridine rings is 1. The van der Waals surface area contributed by atoms with Crippen molar-refractivity contribution in [3.63, 3.8) is 0 Å². The smallest absolute Gasteiger partial charge is 0.262 e. The van der Waals surface area contributed by atoms with Gasteiger partial charge >= 0.3 is 0 Å². The number of ether oxygens (including phenoxy) is 1. The maximum Gasteiger partial charge on any atom is 0.262 e. The number of carbonyl (C=O) groups is 1. The number of nitrogens with zero attached hydrogens (tertiary/aromatic N) is 1. The summed E-state index contributed by atoms with van der Waals surface area (Å²) in [5.41, 5.74) is 1.86. The molecule has 0 spiro atoms. The predicted molar refractivity (Wildman–Crippen MR) is 77.2 cm³/mol. The Hall–Kier alpha value is -1.88. The molecule has 0 bridgehead atoms. The zero-order valence-electron chi connectivity index (χ0n) is 10.4. The zero-order valence-corrected chi connectivity index (χ0v) is 12.0. The third kappa shape index (κ3) is 4.37. The maximum atomic E-state index is 11.7. The Balaban J connectivity index is 1.88. The number of hydrogen-bond acceptors (Lipinski definition) is 3. The first-order chi connectivity index (χ1) is 9.13. The van der Waals surface area contributed by atoms with E-state index >= 15 is 0 Å². The summed E-state index contributed by atoms with van der Waals surface area (Å²) in [5.74, 6) is 0.347. The molecule has 98 valence electrons. The second-order valence-electron chi connectivity index (χ2n) is 4.05. The molecule has 0 aliphatic heterocycles. The van der Waals surface area contributed by atoms with Gasteiger partial charge in [-0.2, -0.15) is 0 Å². The van der Waals surface area contributed by atoms with E-state index in [4.69, 9.17) is 4.74 Å². The molecule has 0 unspecified atom stereocenters. The molecule has 2 aromatic rings. The van der Waals surface area contributed by atoms with Crippen LogP contribution in [-0.4, -0.2) is 17.5 Å². The van der Waals surface area contributed by atoms with Crippen molar-refractivity contribution in [1.82, 2.24) is 4.98 Å². The van der Waals surface area contributed by atoms with Gasteiger partial charge in [0.15, 0.2) is 6.61 Å². The summed E-state index contributed by atoms with van der Waals surface area (Å²) in [4.78, 5) is 15.7. The summed E-state index contributed by atoms with van der Waals surface area (Å²) in [6.07, 6.45) is 3.21. The Kier molecular flexibility index (Phi) is 4.52. The van der Waals surface area contributed by atoms with E-state index in [9.17, 15) is 4.79 Å². The largest absolute Gasteiger partial charge is 0.482 e. The number of anilines is 1. The molecule has 1 N–H and O–H groups in total. The van der Waals surface area contributed by atoms with Gasteiger partial charge in [0.25, 0.3) is 5.91 Å². The van der Waals surface area contributed by atoms with Crippen molar-refractivity contribution in [3.05, 3.63) is 52.8 Å². The van der Waals surface area contributed by atoms with Gasteiger partial charge < -0.3 is 10.1 Å². The van der Waals surface area contributed by atoms with E-state index in [1.807, 2.05) is 31.2 Å². The molecule has 5 heteroatoms. The third-order valence-electron chi connectivity index (χ3n) is 2.35. The number of nitrogens with one attached hydrogen (secondary N) is 1. The van der Waals surface area contributed by atoms with Gasteiger partial charge in [-0.3, -0.25) is 9.78 Å². The molecule has 1 amide bonds. The first-order valence-electron chi connectivity index (χ1n) is 5.73. The number of benzene rings is 1. The molecule has 1 aromatic carbocycles. The van der Waals surface area contributed by atoms with Crippen LogP contribution in [0.3, 0.4) is 0 Å². The topological polar surface area (TPSA) is 51.2 Å². The zero-order chi connectivity index (χ0) is 13.7. The van der Waals surface area contributed by atoms with Crippen molar-refractivity contribution in [2.45, 2.75) is 6.92 Å². The number of halogens is 1. The molecule has 1 aromatic heterocycles. The van der Waals surface area contributed by atoms with E-state index in [1.54, 1.807) is 18.5 Å². The van der Waals surface area contributed by atoms with E-state index < -0.39 is 0 Å². The van der Waals surface area contributed by atoms with Crippen LogP contribution in [-0.2, 0) is 4.79 Å². The summed E-state index contributed by atoms with van der Waals surface area (Å²) in [6.45, 7) is 1.92. The number of aryl methyl sites for hydroxylation is 1. The van der Waals surface area contributed by atoms with Crippen LogP contribution >= 0.6 is 15.9 Å². The van der Waals surface area contributed by atoms with E-state index in [2.05, 4.69) is 26.2 Å². The highest BCUT2D eigenvalue weighted by Gasteiger charge is 2.04. The molecule has 0 aliphatic rings. The first-order valence-corrected chi connectivity index (χ1v) is 6.52. The molecule has 0 radical (unpaired) electrons. The number of aromatic nitrogens is 1. The number of rotatable bonds is 4. The lowest BCUT2D eigenvalue weighted by Gasteiger charge is -2.07. The van der Waals surface area contributed by atoms with Gasteiger partial charge in [0.05, 0.1) is 6.20 Å². The van der Waals surface area contributed by atoms with Crippen molar-refractivity contribution in [2.75, 3.05) is 11.9 Å². The molecule has 1 heterocycles. The second kappa shape index (κ2) is 6.33. The van der Waals surface area contributed by atoms with Gasteiger partial charge in [0.1, 0.15) is 5.75 Å². The van der Waals surface area contributed by atoms with Crippen LogP contribution in [0.5, 0.6) is 5.75 Å². The van der Waals surface area contributed by atoms with E-state index in [1.165, 1.54) is 0 Å². The Morgan fingerprint density at radius 1 is 1.37 bits per heavy atom. The fraction of sp³-hybridized carbons (Fsp3) is 0.143. The van der Waals surface area contributed by atoms with Crippen LogP contribution in [0.25, 0.3) is 0 Å². The van der Waals surface area contributed by atoms with Crippen molar-refractivity contribution in [1.29, 1.82) is 0 Å². The molecule has 0 fully saturated rings. The van der Waals surface area contributed by atoms with Crippen molar-refractivity contribution >= 4 is 27.5 Å². The molecule has 0 saturated carbocycles. The normalized spacial score (nSPS) is 10.0. The summed E-state index contributed by atoms with van der Waals surface area (Å²) < 4.78 is 6.16. The summed E-state index contributed by atoms with van der Waals surface area (Å²) in [6, 6.07) is 9.36. The van der Waals surface area contributed by atoms with Crippen molar-refractivity contribution in [2.24, 2.45) is 0 Å². The average Bonchev–Trinajstić information content (AvgIpc) is 2.36. The Bertz CT molecular complexity index is 587. The molecule has 0 aliphatic carbocycles. The van der Waals surface area contributed by atoms with Gasteiger partial charge in [-0.15, -0.1) is 0 Å². The van der Waals surface area contributed by atoms with Crippen LogP contribution < -0.4 is 10.1 Å². The van der Waals surface area contributed by atoms with Crippen LogP contribution in [0, 0.1) is 6.92 Å². The van der Waals surface area contributed by atoms with E-state index in [0.29, 0.717) is 5.75 Å². The minimum absolute atomic E-state index is 0.0495. The van der Waals surface area contributed by atoms with Gasteiger partial charge in [-0.25, -0.2) is 0 Å². The fourth-order valence-electron chi connectivity index (χ4n) is 1.54. The van der Waals surface area contributed by atoms with Crippen LogP contribution in [0.1, 0.15) is 5.56 Å². The Morgan fingerprint density at radius 3 is 2.95 bits per heavy atom. The molecule has 0 atom stereocenters. The summed E-state index contributed by atoms with van der Waals surface area (Å²) in [7, 11) is 0. The average molecular weight is 321 g/mol. The molecule has 19 heavy (non-hydrogen) atoms. The predicted octanol–water partition coefficient (Wildman–Crippen LogP) is 3.17. The second-order valence-corrected chi connectivity index (χ2v) is 4.96. The number of amides is 1. The van der Waals surface area contributed by atoms with Gasteiger partial charge in [0, 0.05) is 16.4 Å². The van der Waals surface area contributed by atoms with E-state index in [-0.39, 0.29) is 12.5 Å². The lowest BCUT2D eigenvalue weighted by Crippen LogP contribution is -2.20. The highest BCUT2D eigenvalue weighted by atomic mass is 79.9. The Labute approximate surface area is 119 Å². The summed E-state index contributed by atoms with van der Waals surface area (Å²) in [5, 5.41) is 2.77. The molecule has 4 nitrogen and oxygen atoms in total. The molecular weight excluding hydrogens is 308 g/mol. The van der Waals surface area contributed by atoms with Crippen LogP contribution in [0.2, 0.25) is 0 Å². The molecular formula is C14H13BrN2O2. The van der Waals surface area contributed by atoms with Gasteiger partial charge in [-0.05, 0) is 46.6 Å². The SMILES string of the molecule is Cc1cccc(NC(=O)COc2cncc(Br)c2)c1. The van der Waals surface area contributed by atoms with Crippen LogP contribution in [0.4, 0.5) is 5.69 Å². The monoisotopic (exact) mass is 320 g/mol. The summed E-state index contributed by atoms with van der Waals surface area (Å²) >= 11 is 3.29. The van der Waals surface area contributed by atoms with Crippen molar-refractivity contribution in [3.8, 4) is 5.75 Å². The van der Waals surface area contributed by atoms with Gasteiger partial charge in [0.2, 0.25) is 0 Å². The standard InChI is InChI=1S/C14H13BrN2O2/c1-10-3-2-4-12(5-10)17-14(18)9-19-13-6-11(15)7-16-8-13/h2-8H,9H2,1H3,(H,17,18). The van der Waals surface area contributed by atoms with E-state index in [0.717, 1.165) is 15.7 Å². The van der Waals surface area contributed by atoms with Gasteiger partial charge in [-0.1, -0.05) is 12.1 Å². The van der Waals surface area contributed by atoms with Crippen molar-refractivity contribution < 1.29 is 9.53 Å². The van der Waals surface area contributed by atoms with Crippen LogP contribution in [0.15, 0.2) is 47.2 Å². The third-order valence-corrected chi connectivity index (χ3v) is 2.79. The first kappa shape index (κ1) is 13.5. The molecule has 2 rings (SSSR count). The maximum absolute atomic E-state index is 11.7. The number of hydrogen-bond donors (Lipinski definition) is 1. The fourth-order valence-corrected chi connectivity index (χ4v) is 1.88. The molecule has 0 saturated heterocycles.